The van der Waals surface area contributed by atoms with Crippen LogP contribution in [0.1, 0.15) is 32.6 Å². The first-order valence-corrected chi connectivity index (χ1v) is 3.52. The third-order valence-corrected chi connectivity index (χ3v) is 2.11. The molecule has 1 rings (SSSR count). The van der Waals surface area contributed by atoms with E-state index >= 15 is 0 Å². The monoisotopic (exact) mass is 112 g/mol. The average Bonchev–Trinajstić information content (AvgIpc) is 2.12. The largest absolute Gasteiger partial charge is 0.255 e. The zero-order valence-electron chi connectivity index (χ0n) is 5.48. The van der Waals surface area contributed by atoms with Crippen molar-refractivity contribution in [2.45, 2.75) is 38.6 Å². The number of hydrogen-bond donors (Lipinski definition) is 0. The molecule has 0 aromatic carbocycles. The van der Waals surface area contributed by atoms with Gasteiger partial charge in [0, 0.05) is 6.04 Å². The van der Waals surface area contributed by atoms with Crippen molar-refractivity contribution in [3.05, 3.63) is 0 Å². The van der Waals surface area contributed by atoms with Gasteiger partial charge in [0.25, 0.3) is 0 Å². The highest BCUT2D eigenvalue weighted by Gasteiger charge is 2.18. The van der Waals surface area contributed by atoms with Crippen LogP contribution in [-0.4, -0.2) is 6.04 Å². The fourth-order valence-electron chi connectivity index (χ4n) is 1.46. The van der Waals surface area contributed by atoms with Gasteiger partial charge in [-0.2, -0.15) is 0 Å². The Morgan fingerprint density at radius 3 is 2.12 bits per heavy atom. The molecule has 8 heavy (non-hydrogen) atoms. The van der Waals surface area contributed by atoms with Crippen LogP contribution in [0, 0.1) is 5.92 Å². The van der Waals surface area contributed by atoms with Crippen molar-refractivity contribution in [1.29, 1.82) is 0 Å². The number of hydrogen-bond acceptors (Lipinski definition) is 0. The molecule has 1 nitrogen and oxygen atoms in total. The first-order valence-electron chi connectivity index (χ1n) is 3.52. The van der Waals surface area contributed by atoms with Crippen LogP contribution in [0.2, 0.25) is 0 Å². The van der Waals surface area contributed by atoms with Crippen LogP contribution < -0.4 is 5.73 Å². The molecule has 0 aliphatic heterocycles. The molecule has 1 radical (unpaired) electrons. The highest BCUT2D eigenvalue weighted by atomic mass is 14.6. The molecule has 1 aliphatic rings. The summed E-state index contributed by atoms with van der Waals surface area (Å²) in [4.78, 5) is 0. The summed E-state index contributed by atoms with van der Waals surface area (Å²) in [5.74, 6) is 0.731. The van der Waals surface area contributed by atoms with Gasteiger partial charge in [-0.25, -0.2) is 0 Å². The molecule has 0 saturated heterocycles. The highest BCUT2D eigenvalue weighted by Crippen LogP contribution is 2.26. The van der Waals surface area contributed by atoms with Gasteiger partial charge < -0.3 is 0 Å². The predicted molar refractivity (Wildman–Crippen MR) is 34.5 cm³/mol. The molecule has 47 valence electrons. The molecule has 0 spiro atoms. The Labute approximate surface area is 51.3 Å². The molecule has 1 heteroatoms. The fraction of sp³-hybridized carbons (Fsp3) is 1.00. The highest BCUT2D eigenvalue weighted by molar-refractivity contribution is 4.73. The Balaban J connectivity index is 2.24. The first kappa shape index (κ1) is 6.09. The average molecular weight is 112 g/mol. The molecule has 0 amide bonds. The van der Waals surface area contributed by atoms with Gasteiger partial charge in [-0.05, 0) is 25.7 Å². The Hall–Kier alpha value is -0.0400. The third-order valence-electron chi connectivity index (χ3n) is 2.11. The van der Waals surface area contributed by atoms with E-state index in [4.69, 9.17) is 5.73 Å². The molecule has 1 N–H and O–H groups in total. The summed E-state index contributed by atoms with van der Waals surface area (Å²) in [5.41, 5.74) is 7.37. The van der Waals surface area contributed by atoms with Gasteiger partial charge in [-0.1, -0.05) is 12.8 Å². The van der Waals surface area contributed by atoms with Crippen LogP contribution >= 0.6 is 0 Å². The molecule has 1 aliphatic carbocycles. The first-order chi connectivity index (χ1) is 3.80. The molecular weight excluding hydrogens is 98.1 g/mol. The van der Waals surface area contributed by atoms with Crippen molar-refractivity contribution < 1.29 is 0 Å². The van der Waals surface area contributed by atoms with Gasteiger partial charge in [-0.3, -0.25) is 5.73 Å². The van der Waals surface area contributed by atoms with Crippen LogP contribution in [0.25, 0.3) is 0 Å². The molecule has 0 aromatic heterocycles. The lowest BCUT2D eigenvalue weighted by Crippen LogP contribution is -2.14. The maximum atomic E-state index is 7.37. The summed E-state index contributed by atoms with van der Waals surface area (Å²) in [6.07, 6.45) is 5.36. The van der Waals surface area contributed by atoms with Crippen molar-refractivity contribution in [2.75, 3.05) is 0 Å². The zero-order valence-corrected chi connectivity index (χ0v) is 5.48. The maximum Gasteiger partial charge on any atom is 0.0213 e. The van der Waals surface area contributed by atoms with Crippen LogP contribution in [0.4, 0.5) is 0 Å². The van der Waals surface area contributed by atoms with Gasteiger partial charge in [0.1, 0.15) is 0 Å². The van der Waals surface area contributed by atoms with E-state index in [1.807, 2.05) is 6.92 Å². The zero-order chi connectivity index (χ0) is 5.98. The van der Waals surface area contributed by atoms with E-state index in [0.717, 1.165) is 5.92 Å². The number of nitrogens with one attached hydrogen (secondary N) is 1. The third kappa shape index (κ3) is 1.22. The minimum atomic E-state index is 0.192. The quantitative estimate of drug-likeness (QED) is 0.494. The summed E-state index contributed by atoms with van der Waals surface area (Å²) in [6.45, 7) is 2.01. The van der Waals surface area contributed by atoms with Crippen molar-refractivity contribution in [1.82, 2.24) is 5.73 Å². The summed E-state index contributed by atoms with van der Waals surface area (Å²) in [6, 6.07) is 0.192. The fourth-order valence-corrected chi connectivity index (χ4v) is 1.46. The Kier molecular flexibility index (Phi) is 1.90. The van der Waals surface area contributed by atoms with Crippen LogP contribution in [-0.2, 0) is 0 Å². The van der Waals surface area contributed by atoms with Crippen molar-refractivity contribution >= 4 is 0 Å². The second-order valence-corrected chi connectivity index (χ2v) is 2.83. The van der Waals surface area contributed by atoms with Gasteiger partial charge in [0.05, 0.1) is 0 Å². The van der Waals surface area contributed by atoms with Crippen molar-refractivity contribution in [3.63, 3.8) is 0 Å². The van der Waals surface area contributed by atoms with Gasteiger partial charge in [-0.15, -0.1) is 0 Å². The van der Waals surface area contributed by atoms with E-state index in [-0.39, 0.29) is 6.04 Å². The minimum absolute atomic E-state index is 0.192. The van der Waals surface area contributed by atoms with Crippen LogP contribution in [0.15, 0.2) is 0 Å². The smallest absolute Gasteiger partial charge is 0.0213 e. The van der Waals surface area contributed by atoms with Gasteiger partial charge in [0.15, 0.2) is 0 Å². The van der Waals surface area contributed by atoms with E-state index in [0.29, 0.717) is 0 Å². The lowest BCUT2D eigenvalue weighted by Gasteiger charge is -2.10. The van der Waals surface area contributed by atoms with Gasteiger partial charge >= 0.3 is 0 Å². The molecule has 0 aromatic rings. The lowest BCUT2D eigenvalue weighted by molar-refractivity contribution is 0.448. The second-order valence-electron chi connectivity index (χ2n) is 2.83. The lowest BCUT2D eigenvalue weighted by atomic mass is 10.0. The SMILES string of the molecule is CC([NH])C1CCCC1. The molecule has 1 saturated carbocycles. The summed E-state index contributed by atoms with van der Waals surface area (Å²) >= 11 is 0. The number of rotatable bonds is 1. The van der Waals surface area contributed by atoms with E-state index in [2.05, 4.69) is 0 Å². The van der Waals surface area contributed by atoms with Gasteiger partial charge in [0.2, 0.25) is 0 Å². The van der Waals surface area contributed by atoms with Crippen LogP contribution in [0.3, 0.4) is 0 Å². The Bertz CT molecular complexity index is 62.8. The summed E-state index contributed by atoms with van der Waals surface area (Å²) in [7, 11) is 0. The Morgan fingerprint density at radius 1 is 1.38 bits per heavy atom. The summed E-state index contributed by atoms with van der Waals surface area (Å²) in [5, 5.41) is 0. The Morgan fingerprint density at radius 2 is 1.88 bits per heavy atom. The molecule has 1 atom stereocenters. The molecule has 0 heterocycles. The topological polar surface area (TPSA) is 23.8 Å². The molecule has 1 fully saturated rings. The minimum Gasteiger partial charge on any atom is -0.255 e. The van der Waals surface area contributed by atoms with E-state index in [1.54, 1.807) is 0 Å². The van der Waals surface area contributed by atoms with Crippen molar-refractivity contribution in [2.24, 2.45) is 5.92 Å². The van der Waals surface area contributed by atoms with E-state index in [1.165, 1.54) is 25.7 Å². The second kappa shape index (κ2) is 2.49. The molecule has 0 bridgehead atoms. The van der Waals surface area contributed by atoms with Crippen LogP contribution in [0.5, 0.6) is 0 Å². The van der Waals surface area contributed by atoms with Crippen molar-refractivity contribution in [3.8, 4) is 0 Å². The predicted octanol–water partition coefficient (Wildman–Crippen LogP) is 1.85. The molecular formula is C7H14N. The van der Waals surface area contributed by atoms with E-state index < -0.39 is 0 Å². The summed E-state index contributed by atoms with van der Waals surface area (Å²) < 4.78 is 0. The molecule has 1 unspecified atom stereocenters. The normalized spacial score (nSPS) is 26.2. The van der Waals surface area contributed by atoms with E-state index in [9.17, 15) is 0 Å². The maximum absolute atomic E-state index is 7.37. The standard InChI is InChI=1S/C7H14N/c1-6(8)7-4-2-3-5-7/h6-8H,2-5H2,1H3.